The van der Waals surface area contributed by atoms with Crippen LogP contribution in [0.5, 0.6) is 0 Å². The molecule has 0 unspecified atom stereocenters. The second-order valence-electron chi connectivity index (χ2n) is 6.08. The highest BCUT2D eigenvalue weighted by molar-refractivity contribution is 5.17. The second-order valence-corrected chi connectivity index (χ2v) is 6.08. The maximum Gasteiger partial charge on any atom is 0.0914 e. The van der Waals surface area contributed by atoms with Crippen LogP contribution in [0.15, 0.2) is 30.3 Å². The number of likely N-dealkylation sites (tertiary alicyclic amines) is 1. The molecular weight excluding hydrogens is 248 g/mol. The Morgan fingerprint density at radius 1 is 1.30 bits per heavy atom. The summed E-state index contributed by atoms with van der Waals surface area (Å²) in [4.78, 5) is 2.54. The van der Waals surface area contributed by atoms with E-state index in [-0.39, 0.29) is 0 Å². The van der Waals surface area contributed by atoms with Crippen molar-refractivity contribution in [3.05, 3.63) is 42.9 Å². The standard InChI is InChI=1S/C17H28N2O/c1-14(12-19-10-8-15(13-20)9-11-19)17(18-2)16-6-4-3-5-7-16/h3-7,14-15,17,20H,2,8-13,18H2,1H3/t14-,17+/m0/s1. The molecule has 1 aliphatic rings. The molecule has 0 aromatic heterocycles. The third-order valence-electron chi connectivity index (χ3n) is 4.56. The van der Waals surface area contributed by atoms with Crippen LogP contribution in [0, 0.1) is 18.9 Å². The summed E-state index contributed by atoms with van der Waals surface area (Å²) in [6, 6.07) is 11.1. The van der Waals surface area contributed by atoms with E-state index in [1.807, 2.05) is 0 Å². The third kappa shape index (κ3) is 4.05. The first-order chi connectivity index (χ1) is 9.74. The number of hydrogen-bond donors (Lipinski definition) is 2. The van der Waals surface area contributed by atoms with Gasteiger partial charge in [-0.05, 0) is 31.8 Å². The maximum atomic E-state index is 9.20. The van der Waals surface area contributed by atoms with Crippen LogP contribution in [0.4, 0.5) is 0 Å². The zero-order valence-electron chi connectivity index (χ0n) is 12.5. The molecule has 0 radical (unpaired) electrons. The highest BCUT2D eigenvalue weighted by Crippen LogP contribution is 2.22. The first-order valence-electron chi connectivity index (χ1n) is 7.75. The molecule has 1 aromatic rings. The first kappa shape index (κ1) is 15.5. The molecule has 20 heavy (non-hydrogen) atoms. The van der Waals surface area contributed by atoms with E-state index < -0.39 is 0 Å². The van der Waals surface area contributed by atoms with Crippen LogP contribution in [0.1, 0.15) is 31.4 Å². The van der Waals surface area contributed by atoms with E-state index in [0.29, 0.717) is 24.5 Å². The van der Waals surface area contributed by atoms with Gasteiger partial charge in [-0.3, -0.25) is 0 Å². The van der Waals surface area contributed by atoms with Crippen LogP contribution in [-0.2, 0) is 0 Å². The molecule has 1 saturated heterocycles. The first-order valence-corrected chi connectivity index (χ1v) is 7.75. The SMILES string of the molecule is [CH2-][NH2+][C@@H](c1ccccc1)[C@@H](C)CN1CCC(CO)CC1. The number of nitrogens with zero attached hydrogens (tertiary/aromatic N) is 1. The van der Waals surface area contributed by atoms with Gasteiger partial charge in [0.1, 0.15) is 0 Å². The van der Waals surface area contributed by atoms with Gasteiger partial charge in [-0.25, -0.2) is 0 Å². The van der Waals surface area contributed by atoms with Gasteiger partial charge in [0.2, 0.25) is 0 Å². The highest BCUT2D eigenvalue weighted by Gasteiger charge is 2.24. The lowest BCUT2D eigenvalue weighted by molar-refractivity contribution is -0.648. The highest BCUT2D eigenvalue weighted by atomic mass is 16.3. The summed E-state index contributed by atoms with van der Waals surface area (Å²) in [5, 5.41) is 11.3. The number of aliphatic hydroxyl groups is 1. The summed E-state index contributed by atoms with van der Waals surface area (Å²) >= 11 is 0. The van der Waals surface area contributed by atoms with E-state index in [9.17, 15) is 5.11 Å². The summed E-state index contributed by atoms with van der Waals surface area (Å²) in [5.41, 5.74) is 1.36. The molecule has 0 amide bonds. The van der Waals surface area contributed by atoms with Crippen molar-refractivity contribution in [2.24, 2.45) is 11.8 Å². The Hall–Kier alpha value is -0.900. The summed E-state index contributed by atoms with van der Waals surface area (Å²) in [7, 11) is 4.03. The van der Waals surface area contributed by atoms with E-state index in [2.05, 4.69) is 54.5 Å². The molecule has 2 atom stereocenters. The number of quaternary nitrogens is 1. The lowest BCUT2D eigenvalue weighted by atomic mass is 9.92. The number of aliphatic hydroxyl groups excluding tert-OH is 1. The Balaban J connectivity index is 1.88. The number of benzene rings is 1. The number of nitrogens with two attached hydrogens (primary N) is 1. The summed E-state index contributed by atoms with van der Waals surface area (Å²) in [6.45, 7) is 6.02. The normalized spacial score (nSPS) is 20.8. The predicted octanol–water partition coefficient (Wildman–Crippen LogP) is 1.42. The molecule has 1 aliphatic heterocycles. The van der Waals surface area contributed by atoms with Gasteiger partial charge in [-0.15, -0.1) is 0 Å². The Labute approximate surface area is 123 Å². The minimum atomic E-state index is 0.350. The van der Waals surface area contributed by atoms with Gasteiger partial charge in [0.15, 0.2) is 0 Å². The number of hydrogen-bond acceptors (Lipinski definition) is 2. The molecule has 1 heterocycles. The molecule has 3 N–H and O–H groups in total. The van der Waals surface area contributed by atoms with E-state index in [1.165, 1.54) is 5.56 Å². The van der Waals surface area contributed by atoms with E-state index in [4.69, 9.17) is 0 Å². The van der Waals surface area contributed by atoms with Gasteiger partial charge in [-0.2, -0.15) is 7.05 Å². The maximum absolute atomic E-state index is 9.20. The molecule has 112 valence electrons. The molecule has 0 spiro atoms. The molecule has 3 nitrogen and oxygen atoms in total. The Morgan fingerprint density at radius 3 is 2.50 bits per heavy atom. The van der Waals surface area contributed by atoms with Crippen LogP contribution in [0.2, 0.25) is 0 Å². The smallest absolute Gasteiger partial charge is 0.0914 e. The largest absolute Gasteiger partial charge is 0.472 e. The van der Waals surface area contributed by atoms with Crippen molar-refractivity contribution < 1.29 is 10.4 Å². The van der Waals surface area contributed by atoms with E-state index >= 15 is 0 Å². The predicted molar refractivity (Wildman–Crippen MR) is 81.9 cm³/mol. The van der Waals surface area contributed by atoms with Crippen molar-refractivity contribution in [2.75, 3.05) is 26.2 Å². The van der Waals surface area contributed by atoms with Crippen LogP contribution in [0.3, 0.4) is 0 Å². The second kappa shape index (κ2) is 7.77. The van der Waals surface area contributed by atoms with Crippen molar-refractivity contribution >= 4 is 0 Å². The van der Waals surface area contributed by atoms with Gasteiger partial charge in [0.05, 0.1) is 6.04 Å². The number of rotatable bonds is 6. The molecule has 1 fully saturated rings. The van der Waals surface area contributed by atoms with Crippen molar-refractivity contribution in [1.29, 1.82) is 0 Å². The molecular formula is C17H28N2O. The number of piperidine rings is 1. The Kier molecular flexibility index (Phi) is 6.02. The van der Waals surface area contributed by atoms with E-state index in [0.717, 1.165) is 32.5 Å². The topological polar surface area (TPSA) is 40.1 Å². The Morgan fingerprint density at radius 2 is 1.95 bits per heavy atom. The van der Waals surface area contributed by atoms with Gasteiger partial charge < -0.3 is 15.3 Å². The van der Waals surface area contributed by atoms with Crippen LogP contribution >= 0.6 is 0 Å². The van der Waals surface area contributed by atoms with Crippen molar-refractivity contribution in [3.63, 3.8) is 0 Å². The molecule has 0 aliphatic carbocycles. The fourth-order valence-electron chi connectivity index (χ4n) is 3.24. The van der Waals surface area contributed by atoms with Crippen LogP contribution < -0.4 is 5.32 Å². The van der Waals surface area contributed by atoms with Crippen LogP contribution in [0.25, 0.3) is 0 Å². The van der Waals surface area contributed by atoms with Gasteiger partial charge in [-0.1, -0.05) is 37.3 Å². The molecule has 0 bridgehead atoms. The van der Waals surface area contributed by atoms with Gasteiger partial charge in [0.25, 0.3) is 0 Å². The monoisotopic (exact) mass is 276 g/mol. The average Bonchev–Trinajstić information content (AvgIpc) is 2.50. The van der Waals surface area contributed by atoms with E-state index in [1.54, 1.807) is 0 Å². The fourth-order valence-corrected chi connectivity index (χ4v) is 3.24. The van der Waals surface area contributed by atoms with Crippen molar-refractivity contribution in [2.45, 2.75) is 25.8 Å². The Bertz CT molecular complexity index is 374. The minimum absolute atomic E-state index is 0.350. The molecule has 2 rings (SSSR count). The average molecular weight is 276 g/mol. The molecule has 0 saturated carbocycles. The fraction of sp³-hybridized carbons (Fsp3) is 0.588. The van der Waals surface area contributed by atoms with Crippen LogP contribution in [-0.4, -0.2) is 36.2 Å². The lowest BCUT2D eigenvalue weighted by Crippen LogP contribution is -2.80. The third-order valence-corrected chi connectivity index (χ3v) is 4.56. The lowest BCUT2D eigenvalue weighted by Gasteiger charge is -2.34. The van der Waals surface area contributed by atoms with Crippen molar-refractivity contribution in [1.82, 2.24) is 4.90 Å². The molecule has 1 aromatic carbocycles. The van der Waals surface area contributed by atoms with Gasteiger partial charge in [0, 0.05) is 24.6 Å². The molecule has 3 heteroatoms. The zero-order valence-corrected chi connectivity index (χ0v) is 12.5. The van der Waals surface area contributed by atoms with Gasteiger partial charge >= 0.3 is 0 Å². The summed E-state index contributed by atoms with van der Waals surface area (Å²) < 4.78 is 0. The zero-order chi connectivity index (χ0) is 14.4. The summed E-state index contributed by atoms with van der Waals surface area (Å²) in [5.74, 6) is 1.09. The summed E-state index contributed by atoms with van der Waals surface area (Å²) in [6.07, 6.45) is 2.26. The quantitative estimate of drug-likeness (QED) is 0.772. The van der Waals surface area contributed by atoms with Crippen molar-refractivity contribution in [3.8, 4) is 0 Å². The minimum Gasteiger partial charge on any atom is -0.472 e.